The first-order valence-electron chi connectivity index (χ1n) is 10.2. The van der Waals surface area contributed by atoms with Crippen LogP contribution in [0.1, 0.15) is 16.8 Å². The SMILES string of the molecule is O=C1Cc2cc(OC3CN(c4c5c(nc6ccnn46)CCNCC5)C3)ccc2N1. The summed E-state index contributed by atoms with van der Waals surface area (Å²) in [5, 5.41) is 10.9. The van der Waals surface area contributed by atoms with Gasteiger partial charge in [0.25, 0.3) is 0 Å². The fourth-order valence-electron chi connectivity index (χ4n) is 4.50. The second kappa shape index (κ2) is 6.45. The molecule has 3 aliphatic heterocycles. The van der Waals surface area contributed by atoms with Crippen LogP contribution in [0.3, 0.4) is 0 Å². The summed E-state index contributed by atoms with van der Waals surface area (Å²) in [6.07, 6.45) is 4.27. The molecule has 1 fully saturated rings. The van der Waals surface area contributed by atoms with Gasteiger partial charge in [0.05, 0.1) is 31.4 Å². The van der Waals surface area contributed by atoms with Gasteiger partial charge in [0.2, 0.25) is 5.91 Å². The number of nitrogens with zero attached hydrogens (tertiary/aromatic N) is 4. The highest BCUT2D eigenvalue weighted by atomic mass is 16.5. The van der Waals surface area contributed by atoms with Crippen molar-refractivity contribution in [2.24, 2.45) is 0 Å². The number of carbonyl (C=O) groups excluding carboxylic acids is 1. The van der Waals surface area contributed by atoms with Crippen LogP contribution in [0.15, 0.2) is 30.5 Å². The molecule has 8 nitrogen and oxygen atoms in total. The maximum Gasteiger partial charge on any atom is 0.228 e. The summed E-state index contributed by atoms with van der Waals surface area (Å²) in [6, 6.07) is 7.80. The Labute approximate surface area is 167 Å². The zero-order valence-corrected chi connectivity index (χ0v) is 16.0. The molecule has 29 heavy (non-hydrogen) atoms. The van der Waals surface area contributed by atoms with E-state index in [4.69, 9.17) is 9.72 Å². The lowest BCUT2D eigenvalue weighted by Crippen LogP contribution is -2.55. The van der Waals surface area contributed by atoms with Crippen LogP contribution in [-0.4, -0.2) is 52.8 Å². The third-order valence-corrected chi connectivity index (χ3v) is 5.93. The van der Waals surface area contributed by atoms with Crippen molar-refractivity contribution in [3.8, 4) is 5.75 Å². The average Bonchev–Trinajstić information content (AvgIpc) is 3.21. The first-order valence-corrected chi connectivity index (χ1v) is 10.2. The first-order chi connectivity index (χ1) is 14.2. The summed E-state index contributed by atoms with van der Waals surface area (Å²) in [5.41, 5.74) is 5.28. The zero-order valence-electron chi connectivity index (χ0n) is 16.0. The van der Waals surface area contributed by atoms with E-state index in [0.717, 1.165) is 67.5 Å². The summed E-state index contributed by atoms with van der Waals surface area (Å²) < 4.78 is 8.15. The second-order valence-corrected chi connectivity index (χ2v) is 7.90. The van der Waals surface area contributed by atoms with Crippen molar-refractivity contribution in [1.82, 2.24) is 19.9 Å². The van der Waals surface area contributed by atoms with Gasteiger partial charge < -0.3 is 20.3 Å². The lowest BCUT2D eigenvalue weighted by Gasteiger charge is -2.41. The summed E-state index contributed by atoms with van der Waals surface area (Å²) in [4.78, 5) is 18.7. The Bertz CT molecular complexity index is 1120. The van der Waals surface area contributed by atoms with E-state index < -0.39 is 0 Å². The van der Waals surface area contributed by atoms with Crippen molar-refractivity contribution in [1.29, 1.82) is 0 Å². The maximum absolute atomic E-state index is 11.6. The molecule has 2 N–H and O–H groups in total. The molecule has 5 heterocycles. The fourth-order valence-corrected chi connectivity index (χ4v) is 4.50. The van der Waals surface area contributed by atoms with Crippen LogP contribution in [0.4, 0.5) is 11.5 Å². The van der Waals surface area contributed by atoms with Crippen LogP contribution in [0.25, 0.3) is 5.65 Å². The molecule has 148 valence electrons. The second-order valence-electron chi connectivity index (χ2n) is 7.90. The molecule has 1 saturated heterocycles. The van der Waals surface area contributed by atoms with Gasteiger partial charge in [-0.3, -0.25) is 4.79 Å². The highest BCUT2D eigenvalue weighted by Gasteiger charge is 2.33. The molecule has 0 aliphatic carbocycles. The van der Waals surface area contributed by atoms with E-state index in [1.54, 1.807) is 0 Å². The van der Waals surface area contributed by atoms with E-state index in [9.17, 15) is 4.79 Å². The Morgan fingerprint density at radius 2 is 2.03 bits per heavy atom. The van der Waals surface area contributed by atoms with Gasteiger partial charge in [-0.25, -0.2) is 4.98 Å². The molecule has 3 aromatic rings. The molecule has 6 rings (SSSR count). The lowest BCUT2D eigenvalue weighted by molar-refractivity contribution is -0.115. The molecule has 0 bridgehead atoms. The molecule has 1 amide bonds. The molecular weight excluding hydrogens is 368 g/mol. The molecule has 0 saturated carbocycles. The van der Waals surface area contributed by atoms with E-state index in [1.165, 1.54) is 11.3 Å². The van der Waals surface area contributed by atoms with Crippen molar-refractivity contribution in [2.45, 2.75) is 25.4 Å². The molecule has 2 aromatic heterocycles. The number of aromatic nitrogens is 3. The van der Waals surface area contributed by atoms with E-state index in [1.807, 2.05) is 35.0 Å². The number of anilines is 2. The predicted octanol–water partition coefficient (Wildman–Crippen LogP) is 1.18. The molecule has 0 radical (unpaired) electrons. The Balaban J connectivity index is 1.23. The number of hydrogen-bond donors (Lipinski definition) is 2. The van der Waals surface area contributed by atoms with Crippen molar-refractivity contribution in [2.75, 3.05) is 36.4 Å². The van der Waals surface area contributed by atoms with Crippen LogP contribution >= 0.6 is 0 Å². The van der Waals surface area contributed by atoms with Crippen LogP contribution in [0.2, 0.25) is 0 Å². The van der Waals surface area contributed by atoms with Gasteiger partial charge in [0.15, 0.2) is 5.65 Å². The van der Waals surface area contributed by atoms with Crippen LogP contribution in [0.5, 0.6) is 5.75 Å². The Hall–Kier alpha value is -3.13. The number of hydrogen-bond acceptors (Lipinski definition) is 6. The van der Waals surface area contributed by atoms with Crippen LogP contribution in [0, 0.1) is 0 Å². The number of fused-ring (bicyclic) bond motifs is 3. The van der Waals surface area contributed by atoms with Gasteiger partial charge >= 0.3 is 0 Å². The minimum Gasteiger partial charge on any atom is -0.487 e. The standard InChI is InChI=1S/C21H22N6O2/c28-20-10-13-9-14(1-2-17(13)25-20)29-15-11-26(12-15)21-16-3-6-22-7-4-18(16)24-19-5-8-23-27(19)21/h1-2,5,8-9,15,22H,3-4,6-7,10-12H2,(H,25,28). The Morgan fingerprint density at radius 3 is 2.97 bits per heavy atom. The summed E-state index contributed by atoms with van der Waals surface area (Å²) in [5.74, 6) is 2.03. The lowest BCUT2D eigenvalue weighted by atomic mass is 10.1. The quantitative estimate of drug-likeness (QED) is 0.699. The van der Waals surface area contributed by atoms with E-state index in [-0.39, 0.29) is 12.0 Å². The number of amides is 1. The summed E-state index contributed by atoms with van der Waals surface area (Å²) in [6.45, 7) is 3.55. The molecule has 8 heteroatoms. The van der Waals surface area contributed by atoms with Gasteiger partial charge in [0.1, 0.15) is 17.7 Å². The summed E-state index contributed by atoms with van der Waals surface area (Å²) >= 11 is 0. The average molecular weight is 390 g/mol. The minimum absolute atomic E-state index is 0.0445. The smallest absolute Gasteiger partial charge is 0.228 e. The largest absolute Gasteiger partial charge is 0.487 e. The van der Waals surface area contributed by atoms with E-state index in [2.05, 4.69) is 20.6 Å². The monoisotopic (exact) mass is 390 g/mol. The van der Waals surface area contributed by atoms with Gasteiger partial charge in [-0.15, -0.1) is 0 Å². The maximum atomic E-state index is 11.6. The highest BCUT2D eigenvalue weighted by molar-refractivity contribution is 5.99. The van der Waals surface area contributed by atoms with Crippen molar-refractivity contribution in [3.05, 3.63) is 47.3 Å². The van der Waals surface area contributed by atoms with Crippen molar-refractivity contribution < 1.29 is 9.53 Å². The van der Waals surface area contributed by atoms with E-state index >= 15 is 0 Å². The van der Waals surface area contributed by atoms with Gasteiger partial charge in [-0.05, 0) is 36.7 Å². The molecule has 0 spiro atoms. The Kier molecular flexibility index (Phi) is 3.73. The first kappa shape index (κ1) is 16.8. The molecule has 1 aromatic carbocycles. The van der Waals surface area contributed by atoms with Gasteiger partial charge in [0, 0.05) is 30.3 Å². The number of nitrogens with one attached hydrogen (secondary N) is 2. The van der Waals surface area contributed by atoms with Crippen LogP contribution in [-0.2, 0) is 24.1 Å². The highest BCUT2D eigenvalue weighted by Crippen LogP contribution is 2.32. The van der Waals surface area contributed by atoms with Crippen molar-refractivity contribution in [3.63, 3.8) is 0 Å². The Morgan fingerprint density at radius 1 is 1.14 bits per heavy atom. The summed E-state index contributed by atoms with van der Waals surface area (Å²) in [7, 11) is 0. The molecular formula is C21H22N6O2. The number of ether oxygens (including phenoxy) is 1. The third-order valence-electron chi connectivity index (χ3n) is 5.93. The predicted molar refractivity (Wildman–Crippen MR) is 109 cm³/mol. The topological polar surface area (TPSA) is 83.8 Å². The zero-order chi connectivity index (χ0) is 19.4. The number of rotatable bonds is 3. The van der Waals surface area contributed by atoms with Gasteiger partial charge in [-0.2, -0.15) is 9.61 Å². The molecule has 0 unspecified atom stereocenters. The normalized spacial score (nSPS) is 18.8. The van der Waals surface area contributed by atoms with Gasteiger partial charge in [-0.1, -0.05) is 0 Å². The van der Waals surface area contributed by atoms with E-state index in [0.29, 0.717) is 6.42 Å². The molecule has 0 atom stereocenters. The third kappa shape index (κ3) is 2.82. The van der Waals surface area contributed by atoms with Crippen molar-refractivity contribution >= 4 is 23.1 Å². The number of benzene rings is 1. The minimum atomic E-state index is 0.0445. The fraction of sp³-hybridized carbons (Fsp3) is 0.381. The number of carbonyl (C=O) groups is 1. The molecule has 3 aliphatic rings. The van der Waals surface area contributed by atoms with Crippen LogP contribution < -0.4 is 20.3 Å².